The monoisotopic (exact) mass is 380 g/mol. The Labute approximate surface area is 132 Å². The normalized spacial score (nSPS) is 12.9. The van der Waals surface area contributed by atoms with Gasteiger partial charge in [-0.2, -0.15) is 11.8 Å². The Hall–Kier alpha value is -0.530. The van der Waals surface area contributed by atoms with Crippen LogP contribution in [0.15, 0.2) is 33.6 Å². The summed E-state index contributed by atoms with van der Waals surface area (Å²) in [6.07, 6.45) is 0. The first kappa shape index (κ1) is 17.5. The van der Waals surface area contributed by atoms with E-state index >= 15 is 0 Å². The Kier molecular flexibility index (Phi) is 7.05. The van der Waals surface area contributed by atoms with Gasteiger partial charge in [0, 0.05) is 16.0 Å². The predicted molar refractivity (Wildman–Crippen MR) is 84.7 cm³/mol. The van der Waals surface area contributed by atoms with Gasteiger partial charge in [0.25, 0.3) is 0 Å². The minimum atomic E-state index is -3.26. The lowest BCUT2D eigenvalue weighted by Crippen LogP contribution is -2.16. The number of sulfone groups is 1. The zero-order valence-electron chi connectivity index (χ0n) is 11.3. The van der Waals surface area contributed by atoms with Crippen LogP contribution in [0.5, 0.6) is 0 Å². The van der Waals surface area contributed by atoms with Crippen molar-refractivity contribution in [3.05, 3.63) is 28.7 Å². The van der Waals surface area contributed by atoms with Gasteiger partial charge >= 0.3 is 5.97 Å². The van der Waals surface area contributed by atoms with E-state index in [0.717, 1.165) is 4.47 Å². The molecule has 0 spiro atoms. The number of carbonyl (C=O) groups is 1. The quantitative estimate of drug-likeness (QED) is 0.537. The maximum Gasteiger partial charge on any atom is 0.309 e. The van der Waals surface area contributed by atoms with Crippen LogP contribution >= 0.6 is 27.7 Å². The van der Waals surface area contributed by atoms with Crippen LogP contribution < -0.4 is 0 Å². The van der Waals surface area contributed by atoms with E-state index in [2.05, 4.69) is 20.7 Å². The molecule has 0 saturated carbocycles. The molecule has 0 aromatic heterocycles. The third kappa shape index (κ3) is 5.46. The largest absolute Gasteiger partial charge is 0.469 e. The number of benzene rings is 1. The van der Waals surface area contributed by atoms with Gasteiger partial charge in [-0.15, -0.1) is 0 Å². The van der Waals surface area contributed by atoms with Crippen molar-refractivity contribution in [3.63, 3.8) is 0 Å². The Morgan fingerprint density at radius 3 is 2.50 bits per heavy atom. The highest BCUT2D eigenvalue weighted by Crippen LogP contribution is 2.17. The van der Waals surface area contributed by atoms with E-state index in [0.29, 0.717) is 16.4 Å². The summed E-state index contributed by atoms with van der Waals surface area (Å²) >= 11 is 4.71. The summed E-state index contributed by atoms with van der Waals surface area (Å²) in [5.41, 5.74) is 0. The summed E-state index contributed by atoms with van der Waals surface area (Å²) < 4.78 is 29.6. The second-order valence-corrected chi connectivity index (χ2v) is 8.45. The third-order valence-electron chi connectivity index (χ3n) is 2.64. The molecule has 0 fully saturated rings. The highest BCUT2D eigenvalue weighted by molar-refractivity contribution is 9.10. The molecule has 0 heterocycles. The number of esters is 1. The maximum absolute atomic E-state index is 12.1. The summed E-state index contributed by atoms with van der Waals surface area (Å²) in [6, 6.07) is 6.58. The van der Waals surface area contributed by atoms with E-state index in [1.165, 1.54) is 18.9 Å². The van der Waals surface area contributed by atoms with E-state index in [1.54, 1.807) is 31.2 Å². The molecule has 1 aromatic rings. The van der Waals surface area contributed by atoms with Crippen molar-refractivity contribution in [2.75, 3.05) is 24.4 Å². The highest BCUT2D eigenvalue weighted by atomic mass is 79.9. The van der Waals surface area contributed by atoms with Crippen molar-refractivity contribution in [1.29, 1.82) is 0 Å². The first-order valence-electron chi connectivity index (χ1n) is 6.00. The predicted octanol–water partition coefficient (Wildman–Crippen LogP) is 2.77. The van der Waals surface area contributed by atoms with Crippen LogP contribution in [0.1, 0.15) is 6.92 Å². The van der Waals surface area contributed by atoms with Gasteiger partial charge in [-0.05, 0) is 24.3 Å². The number of rotatable bonds is 7. The van der Waals surface area contributed by atoms with Crippen LogP contribution in [0, 0.1) is 5.92 Å². The lowest BCUT2D eigenvalue weighted by Gasteiger charge is -2.09. The second-order valence-electron chi connectivity index (χ2n) is 4.27. The zero-order chi connectivity index (χ0) is 15.2. The van der Waals surface area contributed by atoms with Crippen LogP contribution in [0.25, 0.3) is 0 Å². The summed E-state index contributed by atoms with van der Waals surface area (Å²) in [6.45, 7) is 1.77. The van der Waals surface area contributed by atoms with E-state index in [9.17, 15) is 13.2 Å². The van der Waals surface area contributed by atoms with Gasteiger partial charge in [0.1, 0.15) is 0 Å². The molecule has 1 atom stereocenters. The molecule has 7 heteroatoms. The molecule has 20 heavy (non-hydrogen) atoms. The first-order chi connectivity index (χ1) is 9.36. The van der Waals surface area contributed by atoms with Crippen LogP contribution in [0.4, 0.5) is 0 Å². The lowest BCUT2D eigenvalue weighted by atomic mass is 10.2. The molecule has 1 unspecified atom stereocenters. The van der Waals surface area contributed by atoms with E-state index in [-0.39, 0.29) is 17.6 Å². The standard InChI is InChI=1S/C13H17BrO4S2/c1-10(13(15)18-2)9-19-7-8-20(16,17)12-5-3-11(14)4-6-12/h3-6,10H,7-9H2,1-2H3. The fourth-order valence-corrected chi connectivity index (χ4v) is 4.51. The van der Waals surface area contributed by atoms with Gasteiger partial charge in [0.2, 0.25) is 0 Å². The van der Waals surface area contributed by atoms with Gasteiger partial charge in [-0.3, -0.25) is 4.79 Å². The molecule has 1 aromatic carbocycles. The Morgan fingerprint density at radius 1 is 1.35 bits per heavy atom. The van der Waals surface area contributed by atoms with Gasteiger partial charge in [0.15, 0.2) is 9.84 Å². The SMILES string of the molecule is COC(=O)C(C)CSCCS(=O)(=O)c1ccc(Br)cc1. The lowest BCUT2D eigenvalue weighted by molar-refractivity contribution is -0.143. The van der Waals surface area contributed by atoms with Gasteiger partial charge in [-0.1, -0.05) is 22.9 Å². The molecular formula is C13H17BrO4S2. The smallest absolute Gasteiger partial charge is 0.309 e. The maximum atomic E-state index is 12.1. The Balaban J connectivity index is 2.45. The van der Waals surface area contributed by atoms with Crippen molar-refractivity contribution in [2.24, 2.45) is 5.92 Å². The molecule has 0 aliphatic carbocycles. The second kappa shape index (κ2) is 8.05. The number of halogens is 1. The molecule has 112 valence electrons. The topological polar surface area (TPSA) is 60.4 Å². The van der Waals surface area contributed by atoms with E-state index < -0.39 is 9.84 Å². The molecule has 0 radical (unpaired) electrons. The summed E-state index contributed by atoms with van der Waals surface area (Å²) in [4.78, 5) is 11.5. The van der Waals surface area contributed by atoms with Crippen molar-refractivity contribution in [1.82, 2.24) is 0 Å². The number of ether oxygens (including phenoxy) is 1. The van der Waals surface area contributed by atoms with Crippen molar-refractivity contribution in [2.45, 2.75) is 11.8 Å². The molecule has 0 aliphatic rings. The van der Waals surface area contributed by atoms with Crippen molar-refractivity contribution in [3.8, 4) is 0 Å². The van der Waals surface area contributed by atoms with Gasteiger partial charge in [-0.25, -0.2) is 8.42 Å². The number of methoxy groups -OCH3 is 1. The van der Waals surface area contributed by atoms with Crippen LogP contribution in [-0.4, -0.2) is 38.8 Å². The molecule has 0 N–H and O–H groups in total. The molecule has 0 aliphatic heterocycles. The number of carbonyl (C=O) groups excluding carboxylic acids is 1. The third-order valence-corrected chi connectivity index (χ3v) is 6.39. The van der Waals surface area contributed by atoms with Crippen LogP contribution in [0.3, 0.4) is 0 Å². The fraction of sp³-hybridized carbons (Fsp3) is 0.462. The molecule has 1 rings (SSSR count). The Bertz CT molecular complexity index is 540. The summed E-state index contributed by atoms with van der Waals surface area (Å²) in [5.74, 6) is 0.587. The molecule has 4 nitrogen and oxygen atoms in total. The fourth-order valence-electron chi connectivity index (χ4n) is 1.46. The van der Waals surface area contributed by atoms with Gasteiger partial charge < -0.3 is 4.74 Å². The summed E-state index contributed by atoms with van der Waals surface area (Å²) in [7, 11) is -1.91. The first-order valence-corrected chi connectivity index (χ1v) is 9.60. The van der Waals surface area contributed by atoms with Crippen molar-refractivity contribution >= 4 is 43.5 Å². The number of hydrogen-bond acceptors (Lipinski definition) is 5. The van der Waals surface area contributed by atoms with Crippen LogP contribution in [0.2, 0.25) is 0 Å². The van der Waals surface area contributed by atoms with Gasteiger partial charge in [0.05, 0.1) is 23.7 Å². The zero-order valence-corrected chi connectivity index (χ0v) is 14.6. The molecule has 0 saturated heterocycles. The van der Waals surface area contributed by atoms with Crippen molar-refractivity contribution < 1.29 is 17.9 Å². The molecule has 0 amide bonds. The highest BCUT2D eigenvalue weighted by Gasteiger charge is 2.16. The number of thioether (sulfide) groups is 1. The Morgan fingerprint density at radius 2 is 1.95 bits per heavy atom. The van der Waals surface area contributed by atoms with Crippen LogP contribution in [-0.2, 0) is 19.4 Å². The minimum Gasteiger partial charge on any atom is -0.469 e. The number of hydrogen-bond donors (Lipinski definition) is 0. The molecule has 0 bridgehead atoms. The minimum absolute atomic E-state index is 0.0627. The van der Waals surface area contributed by atoms with E-state index in [1.807, 2.05) is 0 Å². The molecular weight excluding hydrogens is 364 g/mol. The summed E-state index contributed by atoms with van der Waals surface area (Å²) in [5, 5.41) is 0. The average Bonchev–Trinajstić information content (AvgIpc) is 2.43. The average molecular weight is 381 g/mol. The van der Waals surface area contributed by atoms with E-state index in [4.69, 9.17) is 0 Å².